The summed E-state index contributed by atoms with van der Waals surface area (Å²) >= 11 is 0. The number of carbonyl (C=O) groups excluding carboxylic acids is 1. The van der Waals surface area contributed by atoms with E-state index in [0.717, 1.165) is 56.7 Å². The fraction of sp³-hybridized carbons (Fsp3) is 0.417. The Hall–Kier alpha value is -3.26. The summed E-state index contributed by atoms with van der Waals surface area (Å²) in [4.78, 5) is 27.4. The van der Waals surface area contributed by atoms with E-state index in [-0.39, 0.29) is 17.5 Å². The van der Waals surface area contributed by atoms with Crippen molar-refractivity contribution >= 4 is 23.5 Å². The average molecular weight is 438 g/mol. The van der Waals surface area contributed by atoms with Crippen LogP contribution in [0.1, 0.15) is 37.8 Å². The number of hydrogen-bond acceptors (Lipinski definition) is 6. The number of nitrogens with zero attached hydrogens (tertiary/aromatic N) is 4. The number of amides is 1. The molecular weight excluding hydrogens is 406 g/mol. The van der Waals surface area contributed by atoms with E-state index < -0.39 is 4.92 Å². The van der Waals surface area contributed by atoms with Gasteiger partial charge in [0.2, 0.25) is 5.91 Å². The van der Waals surface area contributed by atoms with Crippen LogP contribution >= 0.6 is 0 Å². The van der Waals surface area contributed by atoms with Gasteiger partial charge < -0.3 is 4.90 Å². The molecule has 3 rings (SSSR count). The lowest BCUT2D eigenvalue weighted by molar-refractivity contribution is -0.384. The molecule has 1 amide bonds. The Kier molecular flexibility index (Phi) is 8.33. The van der Waals surface area contributed by atoms with E-state index >= 15 is 0 Å². The molecule has 0 radical (unpaired) electrons. The summed E-state index contributed by atoms with van der Waals surface area (Å²) in [5, 5.41) is 14.9. The minimum absolute atomic E-state index is 0.0454. The summed E-state index contributed by atoms with van der Waals surface area (Å²) < 4.78 is 0. The maximum atomic E-state index is 12.5. The third-order valence-corrected chi connectivity index (χ3v) is 5.92. The van der Waals surface area contributed by atoms with Crippen molar-refractivity contribution in [3.8, 4) is 0 Å². The van der Waals surface area contributed by atoms with Gasteiger partial charge in [-0.2, -0.15) is 5.10 Å². The molecule has 0 saturated carbocycles. The largest absolute Gasteiger partial charge is 0.372 e. The van der Waals surface area contributed by atoms with Crippen LogP contribution in [0.25, 0.3) is 0 Å². The molecule has 1 fully saturated rings. The van der Waals surface area contributed by atoms with Crippen molar-refractivity contribution in [1.82, 2.24) is 10.3 Å². The Bertz CT molecular complexity index is 916. The van der Waals surface area contributed by atoms with E-state index in [4.69, 9.17) is 0 Å². The first-order valence-corrected chi connectivity index (χ1v) is 11.1. The molecule has 0 spiro atoms. The number of benzene rings is 2. The molecule has 0 bridgehead atoms. The Morgan fingerprint density at radius 1 is 1.12 bits per heavy atom. The van der Waals surface area contributed by atoms with Crippen LogP contribution in [0.2, 0.25) is 0 Å². The molecule has 32 heavy (non-hydrogen) atoms. The molecule has 1 saturated heterocycles. The Morgan fingerprint density at radius 2 is 1.75 bits per heavy atom. The van der Waals surface area contributed by atoms with Gasteiger partial charge in [-0.1, -0.05) is 24.3 Å². The second-order valence-electron chi connectivity index (χ2n) is 7.97. The molecule has 0 unspecified atom stereocenters. The number of nitrogens with one attached hydrogen (secondary N) is 1. The molecule has 1 heterocycles. The van der Waals surface area contributed by atoms with E-state index in [1.54, 1.807) is 18.3 Å². The molecule has 2 aromatic rings. The zero-order valence-corrected chi connectivity index (χ0v) is 18.7. The summed E-state index contributed by atoms with van der Waals surface area (Å²) in [7, 11) is 0. The summed E-state index contributed by atoms with van der Waals surface area (Å²) in [6, 6.07) is 14.8. The van der Waals surface area contributed by atoms with Crippen molar-refractivity contribution in [3.63, 3.8) is 0 Å². The molecule has 170 valence electrons. The normalized spacial score (nSPS) is 15.1. The molecule has 1 aliphatic rings. The van der Waals surface area contributed by atoms with E-state index in [2.05, 4.69) is 46.3 Å². The topological polar surface area (TPSA) is 91.1 Å². The van der Waals surface area contributed by atoms with Crippen molar-refractivity contribution < 1.29 is 9.72 Å². The van der Waals surface area contributed by atoms with Crippen molar-refractivity contribution in [3.05, 3.63) is 69.8 Å². The predicted octanol–water partition coefficient (Wildman–Crippen LogP) is 3.80. The minimum Gasteiger partial charge on any atom is -0.372 e. The van der Waals surface area contributed by atoms with Crippen LogP contribution in [0.15, 0.2) is 53.6 Å². The van der Waals surface area contributed by atoms with Gasteiger partial charge in [-0.3, -0.25) is 19.8 Å². The first-order chi connectivity index (χ1) is 15.5. The highest BCUT2D eigenvalue weighted by atomic mass is 16.6. The number of anilines is 1. The lowest BCUT2D eigenvalue weighted by atomic mass is 9.96. The molecule has 0 aliphatic carbocycles. The van der Waals surface area contributed by atoms with Gasteiger partial charge in [0.05, 0.1) is 11.1 Å². The van der Waals surface area contributed by atoms with Gasteiger partial charge in [-0.15, -0.1) is 0 Å². The average Bonchev–Trinajstić information content (AvgIpc) is 2.81. The Morgan fingerprint density at radius 3 is 2.31 bits per heavy atom. The molecule has 8 nitrogen and oxygen atoms in total. The van der Waals surface area contributed by atoms with Gasteiger partial charge in [-0.05, 0) is 63.0 Å². The third kappa shape index (κ3) is 6.37. The maximum absolute atomic E-state index is 12.5. The summed E-state index contributed by atoms with van der Waals surface area (Å²) in [6.45, 7) is 8.55. The summed E-state index contributed by atoms with van der Waals surface area (Å²) in [5.74, 6) is -0.0960. The van der Waals surface area contributed by atoms with Crippen LogP contribution in [0, 0.1) is 16.0 Å². The Labute approximate surface area is 189 Å². The fourth-order valence-electron chi connectivity index (χ4n) is 3.96. The van der Waals surface area contributed by atoms with Crippen LogP contribution in [0.3, 0.4) is 0 Å². The number of likely N-dealkylation sites (tertiary alicyclic amines) is 1. The van der Waals surface area contributed by atoms with Gasteiger partial charge in [0.25, 0.3) is 5.69 Å². The monoisotopic (exact) mass is 437 g/mol. The third-order valence-electron chi connectivity index (χ3n) is 5.92. The second-order valence-corrected chi connectivity index (χ2v) is 7.97. The standard InChI is InChI=1S/C24H31N5O3/c1-3-28(4-2)22-9-5-19(6-10-22)17-25-26-24(30)21-13-15-27(16-14-21)18-20-7-11-23(12-8-20)29(31)32/h5-12,17,21H,3-4,13-16,18H2,1-2H3,(H,26,30). The minimum atomic E-state index is -0.391. The predicted molar refractivity (Wildman–Crippen MR) is 127 cm³/mol. The molecule has 1 aliphatic heterocycles. The van der Waals surface area contributed by atoms with Crippen molar-refractivity contribution in [1.29, 1.82) is 0 Å². The molecule has 0 aromatic heterocycles. The SMILES string of the molecule is CCN(CC)c1ccc(C=NNC(=O)C2CCN(Cc3ccc([N+](=O)[O-])cc3)CC2)cc1. The second kappa shape index (κ2) is 11.4. The number of rotatable bonds is 9. The first-order valence-electron chi connectivity index (χ1n) is 11.1. The van der Waals surface area contributed by atoms with Gasteiger partial charge in [-0.25, -0.2) is 5.43 Å². The summed E-state index contributed by atoms with van der Waals surface area (Å²) in [5.41, 5.74) is 5.94. The van der Waals surface area contributed by atoms with Crippen molar-refractivity contribution in [2.75, 3.05) is 31.1 Å². The number of non-ortho nitro benzene ring substituents is 1. The van der Waals surface area contributed by atoms with E-state index in [9.17, 15) is 14.9 Å². The summed E-state index contributed by atoms with van der Waals surface area (Å²) in [6.07, 6.45) is 3.22. The van der Waals surface area contributed by atoms with Crippen LogP contribution in [0.4, 0.5) is 11.4 Å². The van der Waals surface area contributed by atoms with Crippen LogP contribution in [-0.4, -0.2) is 48.1 Å². The fourth-order valence-corrected chi connectivity index (χ4v) is 3.96. The van der Waals surface area contributed by atoms with Crippen molar-refractivity contribution in [2.24, 2.45) is 11.0 Å². The van der Waals surface area contributed by atoms with Crippen LogP contribution in [0.5, 0.6) is 0 Å². The van der Waals surface area contributed by atoms with Gasteiger partial charge in [0, 0.05) is 43.4 Å². The maximum Gasteiger partial charge on any atom is 0.269 e. The Balaban J connectivity index is 1.42. The molecular formula is C24H31N5O3. The number of carbonyl (C=O) groups is 1. The van der Waals surface area contributed by atoms with Gasteiger partial charge >= 0.3 is 0 Å². The van der Waals surface area contributed by atoms with Gasteiger partial charge in [0.15, 0.2) is 0 Å². The van der Waals surface area contributed by atoms with E-state index in [1.807, 2.05) is 12.1 Å². The number of piperidine rings is 1. The highest BCUT2D eigenvalue weighted by Gasteiger charge is 2.24. The lowest BCUT2D eigenvalue weighted by Crippen LogP contribution is -2.39. The van der Waals surface area contributed by atoms with Crippen LogP contribution < -0.4 is 10.3 Å². The van der Waals surface area contributed by atoms with Crippen molar-refractivity contribution in [2.45, 2.75) is 33.2 Å². The smallest absolute Gasteiger partial charge is 0.269 e. The van der Waals surface area contributed by atoms with E-state index in [1.165, 1.54) is 17.8 Å². The molecule has 0 atom stereocenters. The molecule has 1 N–H and O–H groups in total. The lowest BCUT2D eigenvalue weighted by Gasteiger charge is -2.30. The number of nitro benzene ring substituents is 1. The van der Waals surface area contributed by atoms with Gasteiger partial charge in [0.1, 0.15) is 0 Å². The zero-order valence-electron chi connectivity index (χ0n) is 18.7. The number of hydrogen-bond donors (Lipinski definition) is 1. The number of nitro groups is 1. The highest BCUT2D eigenvalue weighted by Crippen LogP contribution is 2.20. The zero-order chi connectivity index (χ0) is 22.9. The molecule has 2 aromatic carbocycles. The number of hydrazone groups is 1. The van der Waals surface area contributed by atoms with Crippen LogP contribution in [-0.2, 0) is 11.3 Å². The first kappa shape index (κ1) is 23.4. The van der Waals surface area contributed by atoms with E-state index in [0.29, 0.717) is 0 Å². The highest BCUT2D eigenvalue weighted by molar-refractivity contribution is 5.83. The molecule has 8 heteroatoms. The quantitative estimate of drug-likeness (QED) is 0.366.